The van der Waals surface area contributed by atoms with Crippen LogP contribution in [-0.2, 0) is 167 Å². The average molecular weight is 1560 g/mol. The summed E-state index contributed by atoms with van der Waals surface area (Å²) in [4.78, 5) is 195. The van der Waals surface area contributed by atoms with Gasteiger partial charge in [0.05, 0.1) is 91.8 Å². The number of nitrogens with one attached hydrogen (secondary N) is 6. The smallest absolute Gasteiger partial charge is 0.303 e. The Hall–Kier alpha value is -8.27. The number of carbonyl (C=O) groups excluding carboxylic acids is 15. The number of carbonyl (C=O) groups is 15. The van der Waals surface area contributed by atoms with E-state index in [4.69, 9.17) is 101 Å². The van der Waals surface area contributed by atoms with Crippen molar-refractivity contribution in [3.05, 3.63) is 0 Å². The Balaban J connectivity index is 1.56. The molecule has 3 fully saturated rings. The molecule has 0 bridgehead atoms. The van der Waals surface area contributed by atoms with Gasteiger partial charge in [0.1, 0.15) is 68.1 Å². The van der Waals surface area contributed by atoms with Crippen LogP contribution in [0, 0.1) is 5.92 Å². The summed E-state index contributed by atoms with van der Waals surface area (Å²) in [5, 5.41) is 10.5. The topological polar surface area (TPSA) is 539 Å². The van der Waals surface area contributed by atoms with E-state index >= 15 is 0 Å². The summed E-state index contributed by atoms with van der Waals surface area (Å²) in [6.07, 6.45) is -14.8. The number of ketones is 1. The maximum absolute atomic E-state index is 13.2. The Kier molecular flexibility index (Phi) is 43.9. The third-order valence-corrected chi connectivity index (χ3v) is 15.5. The van der Waals surface area contributed by atoms with Crippen LogP contribution in [0.5, 0.6) is 0 Å². The third-order valence-electron chi connectivity index (χ3n) is 15.5. The molecule has 3 aliphatic rings. The molecule has 108 heavy (non-hydrogen) atoms. The molecule has 0 aromatic heterocycles. The first kappa shape index (κ1) is 93.9. The molecule has 0 saturated carbocycles. The highest BCUT2D eigenvalue weighted by Gasteiger charge is 2.54. The molecular weight excluding hydrogens is 1450 g/mol. The second kappa shape index (κ2) is 50.4. The van der Waals surface area contributed by atoms with Crippen LogP contribution in [0.1, 0.15) is 122 Å². The number of hydroxylamine groups is 2. The first-order chi connectivity index (χ1) is 51.1. The fourth-order valence-corrected chi connectivity index (χ4v) is 11.1. The quantitative estimate of drug-likeness (QED) is 0.0135. The number of hydrogen-bond acceptors (Lipinski definition) is 36. The number of rotatable bonds is 50. The fourth-order valence-electron chi connectivity index (χ4n) is 11.1. The lowest BCUT2D eigenvalue weighted by atomic mass is 9.84. The highest BCUT2D eigenvalue weighted by molar-refractivity contribution is 5.81. The predicted molar refractivity (Wildman–Crippen MR) is 358 cm³/mol. The second-order valence-electron chi connectivity index (χ2n) is 24.7. The van der Waals surface area contributed by atoms with Gasteiger partial charge >= 0.3 is 47.8 Å². The van der Waals surface area contributed by atoms with E-state index in [2.05, 4.69) is 32.2 Å². The SMILES string of the molecule is CC(=O)NC1C(OCCOCCONC(=O)CCC(N)(CCC(=O)NCCOCCOCCOC2OC(COC(C)=O)C(C(C)=O)C(OC(C)=O)C2NC(C)=O)CCC(=O)NOCCOCCOC2OC(COC(C)=O)C(OC(C)=O)C(OC(C)=O)C2NC(C)=O)OC(COC(C)=O)C(OC(C)=O)C1OC(C)=O. The molecule has 42 heteroatoms. The zero-order valence-electron chi connectivity index (χ0n) is 62.8. The summed E-state index contributed by atoms with van der Waals surface area (Å²) in [6, 6.07) is -3.55. The van der Waals surface area contributed by atoms with Gasteiger partial charge in [-0.2, -0.15) is 0 Å². The van der Waals surface area contributed by atoms with Crippen molar-refractivity contribution in [1.29, 1.82) is 0 Å². The van der Waals surface area contributed by atoms with Crippen LogP contribution in [-0.4, -0.2) is 293 Å². The van der Waals surface area contributed by atoms with Crippen LogP contribution < -0.4 is 38.0 Å². The standard InChI is InChI=1S/C66H105N7O35/c1-36(74)54-48(33-96-40(5)78)106-63(55(69-37(2)75)60(54)103-45(10)83)93-28-23-90-22-21-89-20-19-68-51(86)13-16-66(67,17-14-52(87)72-99-31-26-91-24-29-94-64-56(70-38(3)76)61(104-46(11)84)58(101-43(8)81)49(107-64)34-97-41(6)79)18-15-53(88)73-100-32-27-92-25-30-95-65-57(71-39(4)77)62(105-47(12)85)59(102-44(9)82)50(108-65)35-98-42(7)80/h48-50,54-65H,13-35,67H2,1-12H3,(H,68,86)(H,69,75)(H,70,76)(H,71,77)(H,72,87)(H,73,88). The van der Waals surface area contributed by atoms with Gasteiger partial charge in [0.25, 0.3) is 0 Å². The molecule has 15 atom stereocenters. The molecule has 3 rings (SSSR count). The Bertz CT molecular complexity index is 2820. The fraction of sp³-hybridized carbons (Fsp3) is 0.773. The van der Waals surface area contributed by atoms with Gasteiger partial charge in [0.2, 0.25) is 35.4 Å². The maximum Gasteiger partial charge on any atom is 0.303 e. The van der Waals surface area contributed by atoms with Crippen LogP contribution in [0.25, 0.3) is 0 Å². The van der Waals surface area contributed by atoms with Crippen molar-refractivity contribution < 1.29 is 167 Å². The average Bonchev–Trinajstić information content (AvgIpc) is 0.797. The van der Waals surface area contributed by atoms with Crippen molar-refractivity contribution in [1.82, 2.24) is 32.2 Å². The van der Waals surface area contributed by atoms with Crippen LogP contribution in [0.3, 0.4) is 0 Å². The van der Waals surface area contributed by atoms with E-state index in [0.717, 1.165) is 55.4 Å². The normalized spacial score (nSPS) is 24.3. The molecule has 3 heterocycles. The molecule has 3 aliphatic heterocycles. The summed E-state index contributed by atoms with van der Waals surface area (Å²) >= 11 is 0. The van der Waals surface area contributed by atoms with E-state index in [9.17, 15) is 71.9 Å². The maximum atomic E-state index is 13.2. The summed E-state index contributed by atoms with van der Waals surface area (Å²) in [6.45, 7) is 11.6. The predicted octanol–water partition coefficient (Wildman–Crippen LogP) is -3.41. The van der Waals surface area contributed by atoms with Gasteiger partial charge in [0, 0.05) is 108 Å². The number of amides is 6. The zero-order valence-corrected chi connectivity index (χ0v) is 62.8. The van der Waals surface area contributed by atoms with Gasteiger partial charge in [-0.1, -0.05) is 0 Å². The van der Waals surface area contributed by atoms with E-state index in [1.807, 2.05) is 0 Å². The largest absolute Gasteiger partial charge is 0.463 e. The Labute approximate surface area is 623 Å². The van der Waals surface area contributed by atoms with E-state index in [0.29, 0.717) is 0 Å². The van der Waals surface area contributed by atoms with Gasteiger partial charge < -0.3 is 112 Å². The Morgan fingerprint density at radius 3 is 0.981 bits per heavy atom. The second-order valence-corrected chi connectivity index (χ2v) is 24.7. The molecule has 42 nitrogen and oxygen atoms in total. The van der Waals surface area contributed by atoms with Crippen molar-refractivity contribution in [3.63, 3.8) is 0 Å². The van der Waals surface area contributed by atoms with Crippen molar-refractivity contribution in [2.75, 3.05) is 112 Å². The van der Waals surface area contributed by atoms with Crippen LogP contribution in [0.2, 0.25) is 0 Å². The summed E-state index contributed by atoms with van der Waals surface area (Å²) in [5.74, 6) is -10.9. The van der Waals surface area contributed by atoms with Gasteiger partial charge in [-0.05, 0) is 26.2 Å². The van der Waals surface area contributed by atoms with Crippen LogP contribution >= 0.6 is 0 Å². The Morgan fingerprint density at radius 2 is 0.639 bits per heavy atom. The summed E-state index contributed by atoms with van der Waals surface area (Å²) in [7, 11) is 0. The number of Topliss-reactive ketones (excluding diaryl/α,β-unsaturated/α-hetero) is 1. The van der Waals surface area contributed by atoms with Crippen molar-refractivity contribution in [3.8, 4) is 0 Å². The monoisotopic (exact) mass is 1560 g/mol. The van der Waals surface area contributed by atoms with Crippen molar-refractivity contribution in [2.45, 2.75) is 213 Å². The van der Waals surface area contributed by atoms with Crippen LogP contribution in [0.15, 0.2) is 0 Å². The Morgan fingerprint density at radius 1 is 0.343 bits per heavy atom. The molecule has 6 amide bonds. The molecule has 8 N–H and O–H groups in total. The van der Waals surface area contributed by atoms with Gasteiger partial charge in [-0.15, -0.1) is 0 Å². The molecule has 0 aliphatic carbocycles. The summed E-state index contributed by atoms with van der Waals surface area (Å²) in [5.41, 5.74) is 10.1. The lowest BCUT2D eigenvalue weighted by Gasteiger charge is -2.44. The van der Waals surface area contributed by atoms with Crippen LogP contribution in [0.4, 0.5) is 0 Å². The molecular formula is C66H105N7O35. The van der Waals surface area contributed by atoms with E-state index in [-0.39, 0.29) is 138 Å². The molecule has 614 valence electrons. The molecule has 0 spiro atoms. The van der Waals surface area contributed by atoms with E-state index < -0.39 is 199 Å². The first-order valence-electron chi connectivity index (χ1n) is 34.7. The minimum atomic E-state index is -1.34. The highest BCUT2D eigenvalue weighted by Crippen LogP contribution is 2.33. The number of ether oxygens (including phenoxy) is 18. The van der Waals surface area contributed by atoms with Gasteiger partial charge in [-0.25, -0.2) is 11.0 Å². The minimum absolute atomic E-state index is 0.0147. The number of esters is 8. The molecule has 0 aromatic carbocycles. The summed E-state index contributed by atoms with van der Waals surface area (Å²) < 4.78 is 100. The number of nitrogens with two attached hydrogens (primary N) is 1. The molecule has 15 unspecified atom stereocenters. The van der Waals surface area contributed by atoms with Crippen molar-refractivity contribution in [2.24, 2.45) is 11.7 Å². The zero-order chi connectivity index (χ0) is 80.5. The molecule has 0 radical (unpaired) electrons. The third kappa shape index (κ3) is 37.7. The first-order valence-corrected chi connectivity index (χ1v) is 34.7. The van der Waals surface area contributed by atoms with E-state index in [1.54, 1.807) is 0 Å². The van der Waals surface area contributed by atoms with Crippen molar-refractivity contribution >= 4 is 89.0 Å². The highest BCUT2D eigenvalue weighted by atomic mass is 16.7. The molecule has 3 saturated heterocycles. The van der Waals surface area contributed by atoms with Gasteiger partial charge in [-0.3, -0.25) is 81.6 Å². The number of hydrogen-bond donors (Lipinski definition) is 7. The molecule has 0 aromatic rings. The lowest BCUT2D eigenvalue weighted by Crippen LogP contribution is -2.66. The van der Waals surface area contributed by atoms with Gasteiger partial charge in [0.15, 0.2) is 43.3 Å². The van der Waals surface area contributed by atoms with E-state index in [1.165, 1.54) is 27.7 Å². The minimum Gasteiger partial charge on any atom is -0.463 e. The lowest BCUT2D eigenvalue weighted by molar-refractivity contribution is -0.279.